The molecule has 1 aromatic heterocycles. The van der Waals surface area contributed by atoms with Crippen molar-refractivity contribution in [1.29, 1.82) is 0 Å². The molecule has 0 aromatic carbocycles. The summed E-state index contributed by atoms with van der Waals surface area (Å²) in [6, 6.07) is 2.44. The predicted octanol–water partition coefficient (Wildman–Crippen LogP) is 0.361. The van der Waals surface area contributed by atoms with Crippen LogP contribution in [-0.4, -0.2) is 38.4 Å². The smallest absolute Gasteiger partial charge is 0.144 e. The van der Waals surface area contributed by atoms with Gasteiger partial charge in [-0.1, -0.05) is 6.92 Å². The van der Waals surface area contributed by atoms with E-state index in [1.54, 1.807) is 13.3 Å². The monoisotopic (exact) mass is 206 g/mol. The maximum atomic E-state index is 5.19. The van der Waals surface area contributed by atoms with Gasteiger partial charge in [-0.15, -0.1) is 0 Å². The lowest BCUT2D eigenvalue weighted by Crippen LogP contribution is -2.24. The molecular weight excluding hydrogens is 187 g/mol. The zero-order valence-electron chi connectivity index (χ0n) is 10.2. The molecule has 4 heteroatoms. The molecule has 0 fully saturated rings. The molecule has 82 valence electrons. The van der Waals surface area contributed by atoms with Crippen LogP contribution in [0.2, 0.25) is 0 Å². The molecular formula is C11H19BN2O. The number of pyridine rings is 1. The standard InChI is InChI=1S/C11H19BN2O/c1-5-14(3)8(2)10-6-9(12)11(15-4)7-13-10/h6-8H,5,12H2,1-4H3/t8-/m1/s1. The Bertz CT molecular complexity index is 330. The van der Waals surface area contributed by atoms with Gasteiger partial charge in [-0.05, 0) is 32.0 Å². The molecule has 0 radical (unpaired) electrons. The molecule has 0 amide bonds. The zero-order chi connectivity index (χ0) is 11.4. The van der Waals surface area contributed by atoms with Gasteiger partial charge in [0.25, 0.3) is 0 Å². The molecule has 1 atom stereocenters. The number of nitrogens with zero attached hydrogens (tertiary/aromatic N) is 2. The van der Waals surface area contributed by atoms with Gasteiger partial charge >= 0.3 is 0 Å². The van der Waals surface area contributed by atoms with Gasteiger partial charge in [0.2, 0.25) is 0 Å². The van der Waals surface area contributed by atoms with Crippen molar-refractivity contribution < 1.29 is 4.74 Å². The molecule has 0 aliphatic heterocycles. The minimum absolute atomic E-state index is 0.347. The molecule has 0 saturated carbocycles. The minimum Gasteiger partial charge on any atom is -0.496 e. The SMILES string of the molecule is Bc1cc([C@@H](C)N(C)CC)ncc1OC. The summed E-state index contributed by atoms with van der Waals surface area (Å²) < 4.78 is 5.19. The van der Waals surface area contributed by atoms with E-state index >= 15 is 0 Å². The zero-order valence-corrected chi connectivity index (χ0v) is 10.2. The number of rotatable bonds is 4. The lowest BCUT2D eigenvalue weighted by atomic mass is 9.94. The van der Waals surface area contributed by atoms with Crippen molar-refractivity contribution in [2.45, 2.75) is 19.9 Å². The van der Waals surface area contributed by atoms with Crippen LogP contribution in [0.1, 0.15) is 25.6 Å². The van der Waals surface area contributed by atoms with Gasteiger partial charge in [0.15, 0.2) is 0 Å². The van der Waals surface area contributed by atoms with Gasteiger partial charge in [-0.25, -0.2) is 0 Å². The van der Waals surface area contributed by atoms with Crippen LogP contribution in [0, 0.1) is 0 Å². The van der Waals surface area contributed by atoms with Crippen molar-refractivity contribution in [3.8, 4) is 5.75 Å². The number of ether oxygens (including phenoxy) is 1. The molecule has 0 aliphatic rings. The van der Waals surface area contributed by atoms with E-state index in [1.165, 1.54) is 0 Å². The van der Waals surface area contributed by atoms with Crippen LogP contribution in [0.15, 0.2) is 12.3 Å². The molecule has 1 aromatic rings. The molecule has 0 aliphatic carbocycles. The number of aromatic nitrogens is 1. The molecule has 15 heavy (non-hydrogen) atoms. The summed E-state index contributed by atoms with van der Waals surface area (Å²) >= 11 is 0. The van der Waals surface area contributed by atoms with Gasteiger partial charge in [-0.2, -0.15) is 0 Å². The van der Waals surface area contributed by atoms with E-state index in [1.807, 2.05) is 7.85 Å². The molecule has 0 spiro atoms. The summed E-state index contributed by atoms with van der Waals surface area (Å²) in [4.78, 5) is 6.67. The predicted molar refractivity (Wildman–Crippen MR) is 65.7 cm³/mol. The normalized spacial score (nSPS) is 12.9. The molecule has 0 saturated heterocycles. The Labute approximate surface area is 92.9 Å². The van der Waals surface area contributed by atoms with Gasteiger partial charge in [0.1, 0.15) is 13.6 Å². The minimum atomic E-state index is 0.347. The van der Waals surface area contributed by atoms with E-state index < -0.39 is 0 Å². The third-order valence-electron chi connectivity index (χ3n) is 2.89. The van der Waals surface area contributed by atoms with Crippen LogP contribution >= 0.6 is 0 Å². The Morgan fingerprint density at radius 2 is 2.27 bits per heavy atom. The number of hydrogen-bond acceptors (Lipinski definition) is 3. The third-order valence-corrected chi connectivity index (χ3v) is 2.89. The second-order valence-electron chi connectivity index (χ2n) is 3.83. The number of hydrogen-bond donors (Lipinski definition) is 0. The molecule has 0 bridgehead atoms. The third kappa shape index (κ3) is 2.72. The second kappa shape index (κ2) is 5.17. The molecule has 3 nitrogen and oxygen atoms in total. The highest BCUT2D eigenvalue weighted by Crippen LogP contribution is 2.16. The fourth-order valence-electron chi connectivity index (χ4n) is 1.51. The first kappa shape index (κ1) is 12.0. The Kier molecular flexibility index (Phi) is 4.15. The summed E-state index contributed by atoms with van der Waals surface area (Å²) in [5.74, 6) is 0.852. The van der Waals surface area contributed by atoms with Crippen molar-refractivity contribution in [2.24, 2.45) is 0 Å². The van der Waals surface area contributed by atoms with Crippen molar-refractivity contribution >= 4 is 13.3 Å². The largest absolute Gasteiger partial charge is 0.496 e. The Morgan fingerprint density at radius 1 is 1.60 bits per heavy atom. The highest BCUT2D eigenvalue weighted by atomic mass is 16.5. The van der Waals surface area contributed by atoms with E-state index in [0.717, 1.165) is 23.5 Å². The van der Waals surface area contributed by atoms with Crippen LogP contribution in [-0.2, 0) is 0 Å². The number of methoxy groups -OCH3 is 1. The lowest BCUT2D eigenvalue weighted by Gasteiger charge is -2.23. The first-order valence-electron chi connectivity index (χ1n) is 5.30. The summed E-state index contributed by atoms with van der Waals surface area (Å²) in [7, 11) is 5.82. The van der Waals surface area contributed by atoms with Crippen LogP contribution in [0.3, 0.4) is 0 Å². The van der Waals surface area contributed by atoms with E-state index in [9.17, 15) is 0 Å². The summed E-state index contributed by atoms with van der Waals surface area (Å²) in [5, 5.41) is 0. The first-order chi connectivity index (χ1) is 7.10. The van der Waals surface area contributed by atoms with Gasteiger partial charge in [0, 0.05) is 6.04 Å². The van der Waals surface area contributed by atoms with E-state index in [-0.39, 0.29) is 0 Å². The fourth-order valence-corrected chi connectivity index (χ4v) is 1.51. The van der Waals surface area contributed by atoms with Crippen LogP contribution in [0.25, 0.3) is 0 Å². The van der Waals surface area contributed by atoms with Crippen LogP contribution < -0.4 is 10.2 Å². The Morgan fingerprint density at radius 3 is 2.73 bits per heavy atom. The molecule has 1 heterocycles. The second-order valence-corrected chi connectivity index (χ2v) is 3.83. The van der Waals surface area contributed by atoms with Crippen molar-refractivity contribution in [3.63, 3.8) is 0 Å². The van der Waals surface area contributed by atoms with Gasteiger partial charge < -0.3 is 4.74 Å². The van der Waals surface area contributed by atoms with Crippen LogP contribution in [0.5, 0.6) is 5.75 Å². The topological polar surface area (TPSA) is 25.4 Å². The molecule has 0 N–H and O–H groups in total. The maximum Gasteiger partial charge on any atom is 0.144 e. The van der Waals surface area contributed by atoms with E-state index in [2.05, 4.69) is 36.8 Å². The maximum absolute atomic E-state index is 5.19. The van der Waals surface area contributed by atoms with Gasteiger partial charge in [0.05, 0.1) is 19.0 Å². The highest BCUT2D eigenvalue weighted by Gasteiger charge is 2.12. The highest BCUT2D eigenvalue weighted by molar-refractivity contribution is 6.34. The molecule has 1 rings (SSSR count). The summed E-state index contributed by atoms with van der Waals surface area (Å²) in [5.41, 5.74) is 2.23. The summed E-state index contributed by atoms with van der Waals surface area (Å²) in [6.45, 7) is 5.33. The molecule has 0 unspecified atom stereocenters. The first-order valence-corrected chi connectivity index (χ1v) is 5.30. The van der Waals surface area contributed by atoms with Gasteiger partial charge in [-0.3, -0.25) is 9.88 Å². The van der Waals surface area contributed by atoms with Crippen molar-refractivity contribution in [1.82, 2.24) is 9.88 Å². The van der Waals surface area contributed by atoms with E-state index in [4.69, 9.17) is 4.74 Å². The average Bonchev–Trinajstić information content (AvgIpc) is 2.26. The quantitative estimate of drug-likeness (QED) is 0.665. The summed E-state index contributed by atoms with van der Waals surface area (Å²) in [6.07, 6.45) is 1.80. The van der Waals surface area contributed by atoms with Crippen LogP contribution in [0.4, 0.5) is 0 Å². The van der Waals surface area contributed by atoms with E-state index in [0.29, 0.717) is 6.04 Å². The van der Waals surface area contributed by atoms with Crippen molar-refractivity contribution in [2.75, 3.05) is 20.7 Å². The average molecular weight is 206 g/mol. The van der Waals surface area contributed by atoms with Crippen molar-refractivity contribution in [3.05, 3.63) is 18.0 Å². The Hall–Kier alpha value is -1.03. The fraction of sp³-hybridized carbons (Fsp3) is 0.545. The lowest BCUT2D eigenvalue weighted by molar-refractivity contribution is 0.271. The Balaban J connectivity index is 2.92.